The third-order valence-electron chi connectivity index (χ3n) is 5.58. The van der Waals surface area contributed by atoms with Crippen molar-refractivity contribution in [1.29, 1.82) is 0 Å². The van der Waals surface area contributed by atoms with Crippen molar-refractivity contribution in [3.05, 3.63) is 58.1 Å². The standard InChI is InChI=1S/C21H19N3O4/c1-27-12-10-14-18(17(11-12)28-2)22-19-16-8-5-9-23(16)20(25)13-6-3-4-7-15(13)24(19)21(14)26/h3-4,6-7,10-11,16H,5,8-9H2,1-2H3/t16-/m0/s1. The number of hydrogen-bond donors (Lipinski definition) is 0. The van der Waals surface area contributed by atoms with Gasteiger partial charge in [-0.25, -0.2) is 4.98 Å². The van der Waals surface area contributed by atoms with Crippen molar-refractivity contribution in [3.8, 4) is 17.2 Å². The van der Waals surface area contributed by atoms with Crippen molar-refractivity contribution in [2.45, 2.75) is 18.9 Å². The minimum Gasteiger partial charge on any atom is -0.497 e. The zero-order valence-corrected chi connectivity index (χ0v) is 15.6. The Balaban J connectivity index is 1.94. The Morgan fingerprint density at radius 1 is 1.11 bits per heavy atom. The van der Waals surface area contributed by atoms with Crippen LogP contribution in [0.1, 0.15) is 35.1 Å². The van der Waals surface area contributed by atoms with E-state index in [-0.39, 0.29) is 17.5 Å². The van der Waals surface area contributed by atoms with Crippen LogP contribution in [0, 0.1) is 0 Å². The molecule has 1 atom stereocenters. The smallest absolute Gasteiger partial charge is 0.266 e. The monoisotopic (exact) mass is 377 g/mol. The van der Waals surface area contributed by atoms with Crippen LogP contribution >= 0.6 is 0 Å². The summed E-state index contributed by atoms with van der Waals surface area (Å²) in [6.07, 6.45) is 1.66. The molecule has 1 fully saturated rings. The number of para-hydroxylation sites is 1. The van der Waals surface area contributed by atoms with E-state index in [1.54, 1.807) is 43.1 Å². The van der Waals surface area contributed by atoms with E-state index in [9.17, 15) is 9.59 Å². The second-order valence-electron chi connectivity index (χ2n) is 7.01. The SMILES string of the molecule is COc1cc(OC)c2nc3n(c(=O)c2c1)-c1ccccc1C(=O)N1CCC[C@@H]31. The Kier molecular flexibility index (Phi) is 3.65. The lowest BCUT2D eigenvalue weighted by Crippen LogP contribution is -2.31. The maximum atomic E-state index is 13.6. The molecule has 2 aromatic carbocycles. The van der Waals surface area contributed by atoms with Crippen molar-refractivity contribution in [2.75, 3.05) is 20.8 Å². The molecule has 0 bridgehead atoms. The van der Waals surface area contributed by atoms with Gasteiger partial charge in [-0.05, 0) is 31.0 Å². The van der Waals surface area contributed by atoms with Crippen molar-refractivity contribution in [2.24, 2.45) is 0 Å². The van der Waals surface area contributed by atoms with Gasteiger partial charge in [0.25, 0.3) is 11.5 Å². The van der Waals surface area contributed by atoms with Crippen LogP contribution in [-0.2, 0) is 0 Å². The fourth-order valence-corrected chi connectivity index (χ4v) is 4.26. The van der Waals surface area contributed by atoms with Crippen molar-refractivity contribution < 1.29 is 14.3 Å². The molecule has 3 aromatic rings. The number of benzene rings is 2. The molecule has 5 rings (SSSR count). The predicted octanol–water partition coefficient (Wildman–Crippen LogP) is 2.69. The molecule has 7 nitrogen and oxygen atoms in total. The number of amides is 1. The molecule has 142 valence electrons. The summed E-state index contributed by atoms with van der Waals surface area (Å²) in [6.45, 7) is 0.658. The van der Waals surface area contributed by atoms with Crippen molar-refractivity contribution in [1.82, 2.24) is 14.5 Å². The Hall–Kier alpha value is -3.35. The maximum absolute atomic E-state index is 13.6. The number of hydrogen-bond acceptors (Lipinski definition) is 5. The molecular formula is C21H19N3O4. The number of carbonyl (C=O) groups excluding carboxylic acids is 1. The first-order valence-electron chi connectivity index (χ1n) is 9.23. The number of ether oxygens (including phenoxy) is 2. The van der Waals surface area contributed by atoms with Crippen LogP contribution in [0.5, 0.6) is 11.5 Å². The van der Waals surface area contributed by atoms with Gasteiger partial charge >= 0.3 is 0 Å². The molecule has 0 radical (unpaired) electrons. The van der Waals surface area contributed by atoms with Gasteiger partial charge in [0.15, 0.2) is 0 Å². The molecule has 0 unspecified atom stereocenters. The van der Waals surface area contributed by atoms with E-state index in [1.807, 2.05) is 17.0 Å². The van der Waals surface area contributed by atoms with E-state index in [0.717, 1.165) is 12.8 Å². The number of methoxy groups -OCH3 is 2. The molecule has 2 aliphatic heterocycles. The Morgan fingerprint density at radius 2 is 1.93 bits per heavy atom. The highest BCUT2D eigenvalue weighted by Gasteiger charge is 2.38. The first-order valence-corrected chi connectivity index (χ1v) is 9.23. The third-order valence-corrected chi connectivity index (χ3v) is 5.58. The van der Waals surface area contributed by atoms with Crippen LogP contribution in [-0.4, -0.2) is 41.1 Å². The van der Waals surface area contributed by atoms with Gasteiger partial charge in [-0.1, -0.05) is 12.1 Å². The van der Waals surface area contributed by atoms with E-state index in [0.29, 0.717) is 46.0 Å². The first-order chi connectivity index (χ1) is 13.6. The average Bonchev–Trinajstić information content (AvgIpc) is 3.19. The van der Waals surface area contributed by atoms with Gasteiger partial charge in [-0.2, -0.15) is 0 Å². The molecule has 2 aliphatic rings. The topological polar surface area (TPSA) is 73.7 Å². The highest BCUT2D eigenvalue weighted by Crippen LogP contribution is 2.38. The van der Waals surface area contributed by atoms with Crippen LogP contribution in [0.2, 0.25) is 0 Å². The van der Waals surface area contributed by atoms with E-state index < -0.39 is 0 Å². The zero-order valence-electron chi connectivity index (χ0n) is 15.6. The number of aromatic nitrogens is 2. The van der Waals surface area contributed by atoms with Gasteiger partial charge in [0, 0.05) is 12.6 Å². The first kappa shape index (κ1) is 16.8. The number of fused-ring (bicyclic) bond motifs is 6. The van der Waals surface area contributed by atoms with E-state index in [1.165, 1.54) is 0 Å². The molecular weight excluding hydrogens is 358 g/mol. The van der Waals surface area contributed by atoms with E-state index >= 15 is 0 Å². The summed E-state index contributed by atoms with van der Waals surface area (Å²) in [5.74, 6) is 1.51. The Morgan fingerprint density at radius 3 is 2.71 bits per heavy atom. The second kappa shape index (κ2) is 6.09. The molecule has 0 saturated carbocycles. The number of rotatable bonds is 2. The summed E-state index contributed by atoms with van der Waals surface area (Å²) in [7, 11) is 3.08. The fraction of sp³-hybridized carbons (Fsp3) is 0.286. The molecule has 0 aliphatic carbocycles. The minimum absolute atomic E-state index is 0.0587. The van der Waals surface area contributed by atoms with Gasteiger partial charge in [0.05, 0.1) is 36.9 Å². The Labute approximate surface area is 161 Å². The predicted molar refractivity (Wildman–Crippen MR) is 103 cm³/mol. The van der Waals surface area contributed by atoms with Crippen LogP contribution in [0.4, 0.5) is 0 Å². The summed E-state index contributed by atoms with van der Waals surface area (Å²) >= 11 is 0. The molecule has 3 heterocycles. The summed E-state index contributed by atoms with van der Waals surface area (Å²) in [5, 5.41) is 0.397. The van der Waals surface area contributed by atoms with E-state index in [4.69, 9.17) is 14.5 Å². The number of carbonyl (C=O) groups is 1. The Bertz CT molecular complexity index is 1180. The van der Waals surface area contributed by atoms with Gasteiger partial charge in [0.1, 0.15) is 22.8 Å². The second-order valence-corrected chi connectivity index (χ2v) is 7.01. The summed E-state index contributed by atoms with van der Waals surface area (Å²) in [5.41, 5.74) is 1.34. The lowest BCUT2D eigenvalue weighted by atomic mass is 10.1. The van der Waals surface area contributed by atoms with Gasteiger partial charge in [-0.15, -0.1) is 0 Å². The lowest BCUT2D eigenvalue weighted by molar-refractivity contribution is 0.0736. The molecule has 1 amide bonds. The largest absolute Gasteiger partial charge is 0.497 e. The van der Waals surface area contributed by atoms with Crippen molar-refractivity contribution >= 4 is 16.8 Å². The molecule has 1 saturated heterocycles. The fourth-order valence-electron chi connectivity index (χ4n) is 4.26. The summed E-state index contributed by atoms with van der Waals surface area (Å²) in [4.78, 5) is 33.4. The van der Waals surface area contributed by atoms with Crippen LogP contribution in [0.3, 0.4) is 0 Å². The summed E-state index contributed by atoms with van der Waals surface area (Å²) in [6, 6.07) is 10.4. The molecule has 0 N–H and O–H groups in total. The van der Waals surface area contributed by atoms with Crippen LogP contribution in [0.25, 0.3) is 16.6 Å². The van der Waals surface area contributed by atoms with Gasteiger partial charge < -0.3 is 14.4 Å². The van der Waals surface area contributed by atoms with Crippen LogP contribution in [0.15, 0.2) is 41.2 Å². The highest BCUT2D eigenvalue weighted by atomic mass is 16.5. The zero-order chi connectivity index (χ0) is 19.4. The van der Waals surface area contributed by atoms with E-state index in [2.05, 4.69) is 0 Å². The lowest BCUT2D eigenvalue weighted by Gasteiger charge is -2.22. The normalized spacial score (nSPS) is 17.7. The highest BCUT2D eigenvalue weighted by molar-refractivity contribution is 5.99. The molecule has 0 spiro atoms. The maximum Gasteiger partial charge on any atom is 0.266 e. The quantitative estimate of drug-likeness (QED) is 0.687. The minimum atomic E-state index is -0.233. The number of nitrogens with zero attached hydrogens (tertiary/aromatic N) is 3. The molecule has 28 heavy (non-hydrogen) atoms. The summed E-state index contributed by atoms with van der Waals surface area (Å²) < 4.78 is 12.4. The molecule has 7 heteroatoms. The average molecular weight is 377 g/mol. The van der Waals surface area contributed by atoms with Crippen molar-refractivity contribution in [3.63, 3.8) is 0 Å². The van der Waals surface area contributed by atoms with Crippen LogP contribution < -0.4 is 15.0 Å². The van der Waals surface area contributed by atoms with Gasteiger partial charge in [-0.3, -0.25) is 14.2 Å². The van der Waals surface area contributed by atoms with Gasteiger partial charge in [0.2, 0.25) is 0 Å². The molecule has 1 aromatic heterocycles. The third kappa shape index (κ3) is 2.19.